The molecule has 0 unspecified atom stereocenters. The second-order valence-corrected chi connectivity index (χ2v) is 6.68. The quantitative estimate of drug-likeness (QED) is 0.833. The highest BCUT2D eigenvalue weighted by molar-refractivity contribution is 6.33. The molecule has 2 heterocycles. The van der Waals surface area contributed by atoms with Crippen molar-refractivity contribution in [3.8, 4) is 0 Å². The summed E-state index contributed by atoms with van der Waals surface area (Å²) < 4.78 is 0. The van der Waals surface area contributed by atoms with Gasteiger partial charge in [-0.15, -0.1) is 0 Å². The van der Waals surface area contributed by atoms with Crippen molar-refractivity contribution in [1.29, 1.82) is 0 Å². The predicted molar refractivity (Wildman–Crippen MR) is 97.2 cm³/mol. The summed E-state index contributed by atoms with van der Waals surface area (Å²) >= 11 is 11.9. The normalized spacial score (nSPS) is 15.2. The van der Waals surface area contributed by atoms with Crippen LogP contribution in [0.3, 0.4) is 0 Å². The average Bonchev–Trinajstić information content (AvgIpc) is 3.15. The van der Waals surface area contributed by atoms with Crippen LogP contribution in [0.5, 0.6) is 0 Å². The van der Waals surface area contributed by atoms with Crippen molar-refractivity contribution in [1.82, 2.24) is 15.3 Å². The van der Waals surface area contributed by atoms with Gasteiger partial charge in [-0.1, -0.05) is 35.3 Å². The number of rotatable bonds is 5. The lowest BCUT2D eigenvalue weighted by Gasteiger charge is -2.16. The number of nitrogens with one attached hydrogen (secondary N) is 1. The first-order chi connectivity index (χ1) is 12.0. The summed E-state index contributed by atoms with van der Waals surface area (Å²) in [6.07, 6.45) is 2.76. The SMILES string of the molecule is O=C(NC[C@@H](O)c1ccc(Cl)cc1)c1nc(N2CCCC2)ncc1Cl. The number of aliphatic hydroxyl groups is 1. The van der Waals surface area contributed by atoms with Crippen LogP contribution in [0, 0.1) is 0 Å². The molecule has 3 rings (SSSR count). The molecule has 132 valence electrons. The summed E-state index contributed by atoms with van der Waals surface area (Å²) in [5.74, 6) is 0.0613. The number of aromatic nitrogens is 2. The summed E-state index contributed by atoms with van der Waals surface area (Å²) in [6.45, 7) is 1.79. The Labute approximate surface area is 155 Å². The number of hydrogen-bond donors (Lipinski definition) is 2. The van der Waals surface area contributed by atoms with Crippen LogP contribution in [-0.2, 0) is 0 Å². The number of benzene rings is 1. The fraction of sp³-hybridized carbons (Fsp3) is 0.353. The maximum absolute atomic E-state index is 12.4. The molecule has 2 N–H and O–H groups in total. The first-order valence-electron chi connectivity index (χ1n) is 8.04. The third-order valence-corrected chi connectivity index (χ3v) is 4.57. The molecule has 2 aromatic rings. The lowest BCUT2D eigenvalue weighted by Crippen LogP contribution is -2.30. The molecule has 1 aliphatic heterocycles. The van der Waals surface area contributed by atoms with Gasteiger partial charge in [0, 0.05) is 24.7 Å². The molecule has 1 aromatic heterocycles. The molecule has 1 aromatic carbocycles. The van der Waals surface area contributed by atoms with E-state index in [9.17, 15) is 9.90 Å². The Morgan fingerprint density at radius 1 is 1.24 bits per heavy atom. The highest BCUT2D eigenvalue weighted by Gasteiger charge is 2.20. The molecule has 0 bridgehead atoms. The number of halogens is 2. The fourth-order valence-electron chi connectivity index (χ4n) is 2.66. The highest BCUT2D eigenvalue weighted by atomic mass is 35.5. The van der Waals surface area contributed by atoms with Gasteiger partial charge in [0.1, 0.15) is 0 Å². The van der Waals surface area contributed by atoms with Gasteiger partial charge in [0.25, 0.3) is 5.91 Å². The molecule has 0 radical (unpaired) electrons. The van der Waals surface area contributed by atoms with E-state index in [0.29, 0.717) is 16.5 Å². The van der Waals surface area contributed by atoms with Crippen LogP contribution in [0.4, 0.5) is 5.95 Å². The number of anilines is 1. The van der Waals surface area contributed by atoms with Crippen LogP contribution in [0.15, 0.2) is 30.5 Å². The van der Waals surface area contributed by atoms with Gasteiger partial charge >= 0.3 is 0 Å². The monoisotopic (exact) mass is 380 g/mol. The Morgan fingerprint density at radius 2 is 1.92 bits per heavy atom. The lowest BCUT2D eigenvalue weighted by molar-refractivity contribution is 0.0911. The smallest absolute Gasteiger partial charge is 0.271 e. The van der Waals surface area contributed by atoms with E-state index in [1.54, 1.807) is 24.3 Å². The number of aliphatic hydroxyl groups excluding tert-OH is 1. The standard InChI is InChI=1S/C17H18Cl2N4O2/c18-12-5-3-11(4-6-12)14(24)10-20-16(25)15-13(19)9-21-17(22-15)23-7-1-2-8-23/h3-6,9,14,24H,1-2,7-8,10H2,(H,20,25)/t14-/m1/s1. The molecule has 0 aliphatic carbocycles. The van der Waals surface area contributed by atoms with Gasteiger partial charge < -0.3 is 15.3 Å². The summed E-state index contributed by atoms with van der Waals surface area (Å²) in [7, 11) is 0. The van der Waals surface area contributed by atoms with E-state index >= 15 is 0 Å². The van der Waals surface area contributed by atoms with Crippen LogP contribution in [0.25, 0.3) is 0 Å². The minimum absolute atomic E-state index is 0.0415. The fourth-order valence-corrected chi connectivity index (χ4v) is 2.97. The zero-order valence-electron chi connectivity index (χ0n) is 13.5. The van der Waals surface area contributed by atoms with Crippen LogP contribution in [0.1, 0.15) is 35.0 Å². The summed E-state index contributed by atoms with van der Waals surface area (Å²) in [5, 5.41) is 13.6. The van der Waals surface area contributed by atoms with E-state index in [0.717, 1.165) is 25.9 Å². The maximum Gasteiger partial charge on any atom is 0.271 e. The summed E-state index contributed by atoms with van der Waals surface area (Å²) in [6, 6.07) is 6.79. The molecule has 0 spiro atoms. The second-order valence-electron chi connectivity index (χ2n) is 5.84. The topological polar surface area (TPSA) is 78.3 Å². The highest BCUT2D eigenvalue weighted by Crippen LogP contribution is 2.20. The number of amides is 1. The van der Waals surface area contributed by atoms with Gasteiger partial charge in [0.15, 0.2) is 5.69 Å². The second kappa shape index (κ2) is 7.99. The first-order valence-corrected chi connectivity index (χ1v) is 8.79. The van der Waals surface area contributed by atoms with Crippen LogP contribution >= 0.6 is 23.2 Å². The van der Waals surface area contributed by atoms with Gasteiger partial charge in [-0.2, -0.15) is 0 Å². The van der Waals surface area contributed by atoms with Gasteiger partial charge in [0.05, 0.1) is 17.3 Å². The van der Waals surface area contributed by atoms with Crippen molar-refractivity contribution in [2.75, 3.05) is 24.5 Å². The third kappa shape index (κ3) is 4.39. The summed E-state index contributed by atoms with van der Waals surface area (Å²) in [5.41, 5.74) is 0.776. The number of carbonyl (C=O) groups excluding carboxylic acids is 1. The first kappa shape index (κ1) is 17.9. The van der Waals surface area contributed by atoms with E-state index < -0.39 is 12.0 Å². The molecule has 1 saturated heterocycles. The Bertz CT molecular complexity index is 749. The van der Waals surface area contributed by atoms with E-state index in [2.05, 4.69) is 15.3 Å². The molecular formula is C17H18Cl2N4O2. The number of nitrogens with zero attached hydrogens (tertiary/aromatic N) is 3. The van der Waals surface area contributed by atoms with E-state index in [1.165, 1.54) is 6.20 Å². The van der Waals surface area contributed by atoms with Crippen molar-refractivity contribution in [2.45, 2.75) is 18.9 Å². The Kier molecular flexibility index (Phi) is 5.73. The minimum atomic E-state index is -0.847. The number of hydrogen-bond acceptors (Lipinski definition) is 5. The molecule has 8 heteroatoms. The Balaban J connectivity index is 1.66. The van der Waals surface area contributed by atoms with E-state index in [-0.39, 0.29) is 17.3 Å². The minimum Gasteiger partial charge on any atom is -0.387 e. The maximum atomic E-state index is 12.4. The van der Waals surface area contributed by atoms with Gasteiger partial charge in [-0.25, -0.2) is 9.97 Å². The van der Waals surface area contributed by atoms with Gasteiger partial charge in [-0.05, 0) is 30.5 Å². The molecule has 1 aliphatic rings. The molecule has 0 saturated carbocycles. The van der Waals surface area contributed by atoms with Gasteiger partial charge in [-0.3, -0.25) is 4.79 Å². The van der Waals surface area contributed by atoms with Crippen molar-refractivity contribution in [3.63, 3.8) is 0 Å². The summed E-state index contributed by atoms with van der Waals surface area (Å²) in [4.78, 5) is 22.9. The third-order valence-electron chi connectivity index (χ3n) is 4.05. The predicted octanol–water partition coefficient (Wildman–Crippen LogP) is 2.85. The Morgan fingerprint density at radius 3 is 2.60 bits per heavy atom. The molecule has 6 nitrogen and oxygen atoms in total. The lowest BCUT2D eigenvalue weighted by atomic mass is 10.1. The molecule has 1 fully saturated rings. The number of carbonyl (C=O) groups is 1. The molecule has 1 atom stereocenters. The van der Waals surface area contributed by atoms with Crippen LogP contribution in [-0.4, -0.2) is 40.6 Å². The average molecular weight is 381 g/mol. The zero-order chi connectivity index (χ0) is 17.8. The zero-order valence-corrected chi connectivity index (χ0v) is 15.0. The van der Waals surface area contributed by atoms with Crippen LogP contribution < -0.4 is 10.2 Å². The molecule has 25 heavy (non-hydrogen) atoms. The Hall–Kier alpha value is -1.89. The van der Waals surface area contributed by atoms with E-state index in [4.69, 9.17) is 23.2 Å². The molecule has 1 amide bonds. The van der Waals surface area contributed by atoms with E-state index in [1.807, 2.05) is 4.90 Å². The van der Waals surface area contributed by atoms with Crippen molar-refractivity contribution in [3.05, 3.63) is 51.8 Å². The largest absolute Gasteiger partial charge is 0.387 e. The van der Waals surface area contributed by atoms with Crippen molar-refractivity contribution < 1.29 is 9.90 Å². The van der Waals surface area contributed by atoms with Crippen molar-refractivity contribution >= 4 is 35.1 Å². The van der Waals surface area contributed by atoms with Crippen molar-refractivity contribution in [2.24, 2.45) is 0 Å². The molecular weight excluding hydrogens is 363 g/mol. The van der Waals surface area contributed by atoms with Crippen LogP contribution in [0.2, 0.25) is 10.0 Å². The van der Waals surface area contributed by atoms with Gasteiger partial charge in [0.2, 0.25) is 5.95 Å².